The topological polar surface area (TPSA) is 55.1 Å². The first-order valence-corrected chi connectivity index (χ1v) is 6.56. The Morgan fingerprint density at radius 2 is 1.75 bits per heavy atom. The fourth-order valence-corrected chi connectivity index (χ4v) is 1.71. The lowest BCUT2D eigenvalue weighted by Gasteiger charge is -2.08. The molecule has 0 fully saturated rings. The highest BCUT2D eigenvalue weighted by Gasteiger charge is 2.29. The quantitative estimate of drug-likeness (QED) is 0.758. The summed E-state index contributed by atoms with van der Waals surface area (Å²) in [5.41, 5.74) is 5.30. The van der Waals surface area contributed by atoms with Crippen molar-refractivity contribution in [3.8, 4) is 0 Å². The van der Waals surface area contributed by atoms with E-state index in [1.807, 2.05) is 0 Å². The van der Waals surface area contributed by atoms with Crippen molar-refractivity contribution in [1.29, 1.82) is 0 Å². The first-order chi connectivity index (χ1) is 9.43. The van der Waals surface area contributed by atoms with Crippen LogP contribution >= 0.6 is 0 Å². The third-order valence-corrected chi connectivity index (χ3v) is 2.88. The lowest BCUT2D eigenvalue weighted by molar-refractivity contribution is -0.137. The van der Waals surface area contributed by atoms with Crippen molar-refractivity contribution in [2.45, 2.75) is 38.4 Å². The van der Waals surface area contributed by atoms with Crippen LogP contribution in [0.2, 0.25) is 0 Å². The second kappa shape index (κ2) is 7.89. The van der Waals surface area contributed by atoms with Gasteiger partial charge >= 0.3 is 6.18 Å². The van der Waals surface area contributed by atoms with Crippen LogP contribution in [0, 0.1) is 0 Å². The van der Waals surface area contributed by atoms with Gasteiger partial charge in [0.15, 0.2) is 0 Å². The van der Waals surface area contributed by atoms with Crippen molar-refractivity contribution < 1.29 is 18.0 Å². The maximum absolute atomic E-state index is 12.4. The van der Waals surface area contributed by atoms with Crippen LogP contribution in [0.5, 0.6) is 0 Å². The molecule has 0 saturated carbocycles. The van der Waals surface area contributed by atoms with E-state index in [4.69, 9.17) is 5.73 Å². The van der Waals surface area contributed by atoms with Gasteiger partial charge in [0.05, 0.1) is 5.56 Å². The summed E-state index contributed by atoms with van der Waals surface area (Å²) in [6, 6.07) is 4.78. The average molecular weight is 288 g/mol. The van der Waals surface area contributed by atoms with E-state index in [1.54, 1.807) is 0 Å². The van der Waals surface area contributed by atoms with E-state index in [1.165, 1.54) is 12.1 Å². The summed E-state index contributed by atoms with van der Waals surface area (Å²) in [6.45, 7) is 0.862. The molecule has 3 nitrogen and oxygen atoms in total. The van der Waals surface area contributed by atoms with Gasteiger partial charge in [-0.15, -0.1) is 0 Å². The van der Waals surface area contributed by atoms with Gasteiger partial charge in [-0.25, -0.2) is 0 Å². The predicted molar refractivity (Wildman–Crippen MR) is 70.8 cm³/mol. The molecule has 0 spiro atoms. The summed E-state index contributed by atoms with van der Waals surface area (Å²) >= 11 is 0. The molecule has 0 aromatic heterocycles. The van der Waals surface area contributed by atoms with Crippen LogP contribution in [-0.4, -0.2) is 12.5 Å². The van der Waals surface area contributed by atoms with Crippen LogP contribution in [0.15, 0.2) is 24.3 Å². The van der Waals surface area contributed by atoms with Gasteiger partial charge in [-0.05, 0) is 37.1 Å². The zero-order valence-corrected chi connectivity index (χ0v) is 11.2. The monoisotopic (exact) mass is 288 g/mol. The molecule has 1 aromatic carbocycles. The molecule has 1 aromatic rings. The number of hydrogen-bond donors (Lipinski definition) is 2. The number of carbonyl (C=O) groups is 1. The van der Waals surface area contributed by atoms with E-state index < -0.39 is 11.7 Å². The summed E-state index contributed by atoms with van der Waals surface area (Å²) < 4.78 is 37.1. The Labute approximate surface area is 116 Å². The number of halogens is 3. The van der Waals surface area contributed by atoms with Crippen molar-refractivity contribution in [3.63, 3.8) is 0 Å². The number of nitrogens with one attached hydrogen (secondary N) is 1. The van der Waals surface area contributed by atoms with Gasteiger partial charge in [0.1, 0.15) is 0 Å². The maximum Gasteiger partial charge on any atom is 0.416 e. The van der Waals surface area contributed by atoms with Crippen LogP contribution in [0.4, 0.5) is 13.2 Å². The van der Waals surface area contributed by atoms with Gasteiger partial charge < -0.3 is 11.1 Å². The first kappa shape index (κ1) is 16.5. The molecule has 0 radical (unpaired) electrons. The van der Waals surface area contributed by atoms with E-state index in [9.17, 15) is 18.0 Å². The number of hydrogen-bond acceptors (Lipinski definition) is 2. The predicted octanol–water partition coefficient (Wildman–Crippen LogP) is 2.84. The summed E-state index contributed by atoms with van der Waals surface area (Å²) in [5, 5.41) is 2.68. The van der Waals surface area contributed by atoms with Crippen LogP contribution in [0.1, 0.15) is 36.8 Å². The molecule has 3 N–H and O–H groups in total. The van der Waals surface area contributed by atoms with Crippen LogP contribution in [-0.2, 0) is 17.5 Å². The Kier molecular flexibility index (Phi) is 6.51. The molecule has 0 aliphatic carbocycles. The number of nitrogens with two attached hydrogens (primary N) is 1. The minimum absolute atomic E-state index is 0.0954. The Morgan fingerprint density at radius 1 is 1.10 bits per heavy atom. The largest absolute Gasteiger partial charge is 0.416 e. The van der Waals surface area contributed by atoms with Crippen molar-refractivity contribution in [2.75, 3.05) is 6.54 Å². The highest BCUT2D eigenvalue weighted by Crippen LogP contribution is 2.28. The molecular formula is C14H19F3N2O. The first-order valence-electron chi connectivity index (χ1n) is 6.56. The molecule has 0 atom stereocenters. The van der Waals surface area contributed by atoms with Crippen LogP contribution in [0.3, 0.4) is 0 Å². The third-order valence-electron chi connectivity index (χ3n) is 2.88. The fraction of sp³-hybridized carbons (Fsp3) is 0.500. The van der Waals surface area contributed by atoms with Gasteiger partial charge in [-0.2, -0.15) is 13.2 Å². The lowest BCUT2D eigenvalue weighted by atomic mass is 10.1. The number of carbonyl (C=O) groups excluding carboxylic acids is 1. The number of alkyl halides is 3. The van der Waals surface area contributed by atoms with Crippen molar-refractivity contribution >= 4 is 5.91 Å². The fourth-order valence-electron chi connectivity index (χ4n) is 1.71. The van der Waals surface area contributed by atoms with E-state index in [0.717, 1.165) is 31.4 Å². The van der Waals surface area contributed by atoms with Gasteiger partial charge in [0.25, 0.3) is 0 Å². The molecule has 0 aliphatic heterocycles. The van der Waals surface area contributed by atoms with Gasteiger partial charge in [-0.3, -0.25) is 4.79 Å². The van der Waals surface area contributed by atoms with Crippen LogP contribution < -0.4 is 11.1 Å². The molecule has 6 heteroatoms. The number of amides is 1. The van der Waals surface area contributed by atoms with Crippen molar-refractivity contribution in [1.82, 2.24) is 5.32 Å². The summed E-state index contributed by atoms with van der Waals surface area (Å²) in [5.74, 6) is -0.0954. The Balaban J connectivity index is 2.33. The second-order valence-electron chi connectivity index (χ2n) is 4.57. The smallest absolute Gasteiger partial charge is 0.352 e. The number of unbranched alkanes of at least 4 members (excludes halogenated alkanes) is 2. The zero-order valence-electron chi connectivity index (χ0n) is 11.2. The van der Waals surface area contributed by atoms with Crippen LogP contribution in [0.25, 0.3) is 0 Å². The maximum atomic E-state index is 12.4. The second-order valence-corrected chi connectivity index (χ2v) is 4.57. The van der Waals surface area contributed by atoms with E-state index in [2.05, 4.69) is 5.32 Å². The SMILES string of the molecule is NCCCCCC(=O)NCc1ccc(C(F)(F)F)cc1. The normalized spacial score (nSPS) is 11.4. The number of rotatable bonds is 7. The molecule has 0 heterocycles. The van der Waals surface area contributed by atoms with Gasteiger partial charge in [0, 0.05) is 13.0 Å². The minimum atomic E-state index is -4.33. The summed E-state index contributed by atoms with van der Waals surface area (Å²) in [7, 11) is 0. The standard InChI is InChI=1S/C14H19F3N2O/c15-14(16,17)12-7-5-11(6-8-12)10-19-13(20)4-2-1-3-9-18/h5-8H,1-4,9-10,18H2,(H,19,20). The van der Waals surface area contributed by atoms with Crippen molar-refractivity contribution in [2.24, 2.45) is 5.73 Å². The molecule has 1 rings (SSSR count). The minimum Gasteiger partial charge on any atom is -0.352 e. The molecular weight excluding hydrogens is 269 g/mol. The summed E-state index contributed by atoms with van der Waals surface area (Å²) in [6.07, 6.45) is -1.34. The Bertz CT molecular complexity index is 415. The molecule has 0 bridgehead atoms. The molecule has 1 amide bonds. The van der Waals surface area contributed by atoms with Crippen molar-refractivity contribution in [3.05, 3.63) is 35.4 Å². The van der Waals surface area contributed by atoms with E-state index >= 15 is 0 Å². The molecule has 0 saturated heterocycles. The van der Waals surface area contributed by atoms with Gasteiger partial charge in [-0.1, -0.05) is 18.6 Å². The molecule has 20 heavy (non-hydrogen) atoms. The van der Waals surface area contributed by atoms with E-state index in [0.29, 0.717) is 18.5 Å². The highest BCUT2D eigenvalue weighted by atomic mass is 19.4. The lowest BCUT2D eigenvalue weighted by Crippen LogP contribution is -2.22. The third kappa shape index (κ3) is 6.06. The molecule has 0 unspecified atom stereocenters. The number of benzene rings is 1. The summed E-state index contributed by atoms with van der Waals surface area (Å²) in [4.78, 5) is 11.5. The average Bonchev–Trinajstić information content (AvgIpc) is 2.41. The Hall–Kier alpha value is -1.56. The molecule has 112 valence electrons. The van der Waals surface area contributed by atoms with Gasteiger partial charge in [0.2, 0.25) is 5.91 Å². The highest BCUT2D eigenvalue weighted by molar-refractivity contribution is 5.75. The van der Waals surface area contributed by atoms with E-state index in [-0.39, 0.29) is 12.5 Å². The zero-order chi connectivity index (χ0) is 15.0. The molecule has 0 aliphatic rings. The Morgan fingerprint density at radius 3 is 2.30 bits per heavy atom.